The quantitative estimate of drug-likeness (QED) is 0.344. The third-order valence-electron chi connectivity index (χ3n) is 7.02. The smallest absolute Gasteiger partial charge is 0.297 e. The highest BCUT2D eigenvalue weighted by Crippen LogP contribution is 2.54. The van der Waals surface area contributed by atoms with Gasteiger partial charge in [-0.25, -0.2) is 4.39 Å². The molecule has 0 radical (unpaired) electrons. The van der Waals surface area contributed by atoms with Gasteiger partial charge in [0.15, 0.2) is 11.0 Å². The van der Waals surface area contributed by atoms with E-state index in [0.29, 0.717) is 21.8 Å². The van der Waals surface area contributed by atoms with Gasteiger partial charge in [-0.05, 0) is 31.2 Å². The van der Waals surface area contributed by atoms with Crippen molar-refractivity contribution in [1.82, 2.24) is 10.2 Å². The summed E-state index contributed by atoms with van der Waals surface area (Å²) in [6, 6.07) is 19.7. The summed E-state index contributed by atoms with van der Waals surface area (Å²) in [6.07, 6.45) is 0. The third kappa shape index (κ3) is 2.80. The number of benzene rings is 3. The number of aromatic nitrogens is 2. The molecule has 10 heteroatoms. The number of nitrogens with zero attached hydrogens (tertiary/aromatic N) is 4. The summed E-state index contributed by atoms with van der Waals surface area (Å²) in [6.45, 7) is 1.63. The third-order valence-corrected chi connectivity index (χ3v) is 7.85. The van der Waals surface area contributed by atoms with Gasteiger partial charge in [-0.2, -0.15) is 0 Å². The number of amides is 2. The number of aryl methyl sites for hydroxylation is 1. The molecular weight excluding hydrogens is 507 g/mol. The Bertz CT molecular complexity index is 1880. The molecule has 1 spiro atoms. The SMILES string of the molecule is Cc1nnc(N2C(=O)c3oc4ccccc4c(=O)c3C23C(=O)N(Cc2ccccc2F)c2ccccc23)s1. The summed E-state index contributed by atoms with van der Waals surface area (Å²) in [5.41, 5.74) is -1.08. The van der Waals surface area contributed by atoms with Crippen LogP contribution in [0.5, 0.6) is 0 Å². The number of hydrogen-bond donors (Lipinski definition) is 0. The highest BCUT2D eigenvalue weighted by molar-refractivity contribution is 7.15. The van der Waals surface area contributed by atoms with E-state index >= 15 is 0 Å². The van der Waals surface area contributed by atoms with Crippen LogP contribution in [0.4, 0.5) is 15.2 Å². The van der Waals surface area contributed by atoms with Crippen LogP contribution < -0.4 is 15.2 Å². The number of carbonyl (C=O) groups excluding carboxylic acids is 2. The van der Waals surface area contributed by atoms with Crippen LogP contribution in [-0.4, -0.2) is 22.0 Å². The second kappa shape index (κ2) is 7.90. The van der Waals surface area contributed by atoms with Crippen molar-refractivity contribution in [3.8, 4) is 0 Å². The van der Waals surface area contributed by atoms with Crippen LogP contribution in [0.2, 0.25) is 0 Å². The Morgan fingerprint density at radius 1 is 0.947 bits per heavy atom. The molecule has 0 N–H and O–H groups in total. The van der Waals surface area contributed by atoms with E-state index < -0.39 is 28.6 Å². The van der Waals surface area contributed by atoms with Gasteiger partial charge in [-0.15, -0.1) is 10.2 Å². The summed E-state index contributed by atoms with van der Waals surface area (Å²) in [5, 5.41) is 9.21. The number of halogens is 1. The van der Waals surface area contributed by atoms with Gasteiger partial charge in [0.2, 0.25) is 10.9 Å². The monoisotopic (exact) mass is 524 g/mol. The van der Waals surface area contributed by atoms with Gasteiger partial charge in [0.05, 0.1) is 23.2 Å². The normalized spacial score (nSPS) is 18.1. The predicted octanol–water partition coefficient (Wildman–Crippen LogP) is 4.54. The maximum atomic E-state index is 14.7. The molecule has 0 saturated heterocycles. The van der Waals surface area contributed by atoms with Crippen LogP contribution in [0.1, 0.15) is 32.3 Å². The molecule has 0 fully saturated rings. The summed E-state index contributed by atoms with van der Waals surface area (Å²) in [5.74, 6) is -1.94. The van der Waals surface area contributed by atoms with Gasteiger partial charge in [0.1, 0.15) is 16.4 Å². The summed E-state index contributed by atoms with van der Waals surface area (Å²) in [7, 11) is 0. The minimum Gasteiger partial charge on any atom is -0.450 e. The Morgan fingerprint density at radius 3 is 2.47 bits per heavy atom. The first-order chi connectivity index (χ1) is 18.4. The largest absolute Gasteiger partial charge is 0.450 e. The Kier molecular flexibility index (Phi) is 4.67. The van der Waals surface area contributed by atoms with Crippen molar-refractivity contribution in [2.75, 3.05) is 9.80 Å². The van der Waals surface area contributed by atoms with E-state index in [4.69, 9.17) is 4.42 Å². The van der Waals surface area contributed by atoms with Gasteiger partial charge in [0, 0.05) is 11.1 Å². The minimum absolute atomic E-state index is 0.0810. The number of carbonyl (C=O) groups is 2. The van der Waals surface area contributed by atoms with Crippen LogP contribution in [0.25, 0.3) is 11.0 Å². The molecule has 2 amide bonds. The molecular formula is C28H17FN4O4S. The number of fused-ring (bicyclic) bond motifs is 5. The second-order valence-corrected chi connectivity index (χ2v) is 10.2. The first-order valence-electron chi connectivity index (χ1n) is 11.8. The molecule has 0 aliphatic carbocycles. The van der Waals surface area contributed by atoms with Crippen molar-refractivity contribution in [2.45, 2.75) is 19.0 Å². The fourth-order valence-corrected chi connectivity index (χ4v) is 6.18. The molecule has 38 heavy (non-hydrogen) atoms. The van der Waals surface area contributed by atoms with E-state index in [2.05, 4.69) is 10.2 Å². The van der Waals surface area contributed by atoms with Gasteiger partial charge < -0.3 is 9.32 Å². The van der Waals surface area contributed by atoms with Gasteiger partial charge in [-0.1, -0.05) is 59.9 Å². The van der Waals surface area contributed by atoms with Crippen molar-refractivity contribution < 1.29 is 18.4 Å². The van der Waals surface area contributed by atoms with E-state index in [9.17, 15) is 18.8 Å². The standard InChI is InChI=1S/C28H17FN4O4S/c1-15-30-31-27(38-15)33-25(35)24-22(23(34)17-9-3-7-13-21(17)37-24)28(33)18-10-4-6-12-20(18)32(26(28)36)14-16-8-2-5-11-19(16)29/h2-13H,14H2,1H3. The van der Waals surface area contributed by atoms with E-state index in [1.165, 1.54) is 15.9 Å². The molecule has 4 heterocycles. The molecule has 7 rings (SSSR count). The first-order valence-corrected chi connectivity index (χ1v) is 12.6. The maximum Gasteiger partial charge on any atom is 0.297 e. The van der Waals surface area contributed by atoms with Crippen LogP contribution in [0, 0.1) is 12.7 Å². The molecule has 1 unspecified atom stereocenters. The maximum absolute atomic E-state index is 14.7. The van der Waals surface area contributed by atoms with Crippen LogP contribution in [-0.2, 0) is 16.9 Å². The van der Waals surface area contributed by atoms with Crippen LogP contribution >= 0.6 is 11.3 Å². The molecule has 3 aromatic carbocycles. The molecule has 2 aromatic heterocycles. The van der Waals surface area contributed by atoms with E-state index in [1.807, 2.05) is 0 Å². The summed E-state index contributed by atoms with van der Waals surface area (Å²) >= 11 is 1.12. The highest BCUT2D eigenvalue weighted by atomic mass is 32.1. The Labute approximate surface area is 218 Å². The second-order valence-electron chi connectivity index (χ2n) is 9.09. The van der Waals surface area contributed by atoms with E-state index in [1.54, 1.807) is 73.7 Å². The molecule has 1 atom stereocenters. The van der Waals surface area contributed by atoms with E-state index in [-0.39, 0.29) is 34.0 Å². The number of para-hydroxylation sites is 2. The fourth-order valence-electron chi connectivity index (χ4n) is 5.44. The topological polar surface area (TPSA) is 96.6 Å². The number of rotatable bonds is 3. The molecule has 5 aromatic rings. The van der Waals surface area contributed by atoms with E-state index in [0.717, 1.165) is 11.3 Å². The Balaban J connectivity index is 1.57. The molecule has 2 aliphatic heterocycles. The van der Waals surface area contributed by atoms with Crippen molar-refractivity contribution in [1.29, 1.82) is 0 Å². The number of hydrogen-bond acceptors (Lipinski definition) is 7. The molecule has 2 aliphatic rings. The lowest BCUT2D eigenvalue weighted by molar-refractivity contribution is -0.121. The summed E-state index contributed by atoms with van der Waals surface area (Å²) < 4.78 is 20.7. The van der Waals surface area contributed by atoms with Gasteiger partial charge >= 0.3 is 0 Å². The zero-order chi connectivity index (χ0) is 26.2. The molecule has 186 valence electrons. The average Bonchev–Trinajstić information content (AvgIpc) is 3.54. The minimum atomic E-state index is -1.90. The van der Waals surface area contributed by atoms with Crippen molar-refractivity contribution >= 4 is 44.9 Å². The fraction of sp³-hybridized carbons (Fsp3) is 0.107. The summed E-state index contributed by atoms with van der Waals surface area (Å²) in [4.78, 5) is 45.4. The average molecular weight is 525 g/mol. The zero-order valence-electron chi connectivity index (χ0n) is 19.8. The Hall–Kier alpha value is -4.70. The van der Waals surface area contributed by atoms with Crippen molar-refractivity contribution in [3.63, 3.8) is 0 Å². The highest BCUT2D eigenvalue weighted by Gasteiger charge is 2.66. The van der Waals surface area contributed by atoms with Crippen LogP contribution in [0.15, 0.2) is 82.0 Å². The zero-order valence-corrected chi connectivity index (χ0v) is 20.7. The van der Waals surface area contributed by atoms with Crippen molar-refractivity contribution in [2.24, 2.45) is 0 Å². The molecule has 8 nitrogen and oxygen atoms in total. The predicted molar refractivity (Wildman–Crippen MR) is 139 cm³/mol. The van der Waals surface area contributed by atoms with Crippen molar-refractivity contribution in [3.05, 3.63) is 116 Å². The van der Waals surface area contributed by atoms with Crippen LogP contribution in [0.3, 0.4) is 0 Å². The molecule has 0 saturated carbocycles. The van der Waals surface area contributed by atoms with Gasteiger partial charge in [-0.3, -0.25) is 19.3 Å². The first kappa shape index (κ1) is 22.5. The lowest BCUT2D eigenvalue weighted by Crippen LogP contribution is -2.53. The lowest BCUT2D eigenvalue weighted by Gasteiger charge is -2.32. The van der Waals surface area contributed by atoms with Gasteiger partial charge in [0.25, 0.3) is 11.8 Å². The lowest BCUT2D eigenvalue weighted by atomic mass is 9.84. The molecule has 0 bridgehead atoms. The number of anilines is 2. The Morgan fingerprint density at radius 2 is 1.68 bits per heavy atom.